The van der Waals surface area contributed by atoms with Crippen LogP contribution in [0.4, 0.5) is 5.82 Å². The Morgan fingerprint density at radius 2 is 1.79 bits per heavy atom. The molecule has 2 aromatic rings. The molecule has 0 aliphatic heterocycles. The Morgan fingerprint density at radius 1 is 1.11 bits per heavy atom. The minimum absolute atomic E-state index is 0.719. The highest BCUT2D eigenvalue weighted by molar-refractivity contribution is 6.30. The molecule has 1 N–H and O–H groups in total. The number of rotatable bonds is 4. The van der Waals surface area contributed by atoms with Crippen LogP contribution in [0.1, 0.15) is 24.6 Å². The van der Waals surface area contributed by atoms with Crippen LogP contribution >= 0.6 is 11.6 Å². The van der Waals surface area contributed by atoms with E-state index in [2.05, 4.69) is 22.2 Å². The van der Waals surface area contributed by atoms with Gasteiger partial charge in [-0.3, -0.25) is 0 Å². The molecule has 4 heteroatoms. The first kappa shape index (κ1) is 13.8. The smallest absolute Gasteiger partial charge is 0.161 e. The summed E-state index contributed by atoms with van der Waals surface area (Å²) in [6, 6.07) is 7.59. The highest BCUT2D eigenvalue weighted by Gasteiger charge is 2.09. The second kappa shape index (κ2) is 6.02. The summed E-state index contributed by atoms with van der Waals surface area (Å²) < 4.78 is 0. The molecule has 1 heterocycles. The topological polar surface area (TPSA) is 37.8 Å². The summed E-state index contributed by atoms with van der Waals surface area (Å²) in [6.45, 7) is 7.10. The standard InChI is InChI=1S/C15H18ClN3/c1-4-9-17-14-10(2)11(3)18-15(19-14)12-5-7-13(16)8-6-12/h5-8H,4,9H2,1-3H3,(H,17,18,19). The summed E-state index contributed by atoms with van der Waals surface area (Å²) >= 11 is 5.90. The largest absolute Gasteiger partial charge is 0.370 e. The fourth-order valence-electron chi connectivity index (χ4n) is 1.77. The van der Waals surface area contributed by atoms with Crippen molar-refractivity contribution in [3.05, 3.63) is 40.5 Å². The van der Waals surface area contributed by atoms with Gasteiger partial charge < -0.3 is 5.32 Å². The lowest BCUT2D eigenvalue weighted by Crippen LogP contribution is -2.07. The van der Waals surface area contributed by atoms with Crippen molar-refractivity contribution in [2.24, 2.45) is 0 Å². The van der Waals surface area contributed by atoms with Crippen LogP contribution in [0.25, 0.3) is 11.4 Å². The molecule has 0 saturated heterocycles. The van der Waals surface area contributed by atoms with Crippen molar-refractivity contribution < 1.29 is 0 Å². The van der Waals surface area contributed by atoms with Crippen molar-refractivity contribution in [2.45, 2.75) is 27.2 Å². The first-order valence-corrected chi connectivity index (χ1v) is 6.84. The van der Waals surface area contributed by atoms with Gasteiger partial charge in [0.05, 0.1) is 0 Å². The summed E-state index contributed by atoms with van der Waals surface area (Å²) in [6.07, 6.45) is 1.07. The number of aryl methyl sites for hydroxylation is 1. The summed E-state index contributed by atoms with van der Waals surface area (Å²) in [5, 5.41) is 4.07. The lowest BCUT2D eigenvalue weighted by atomic mass is 10.2. The number of nitrogens with zero attached hydrogens (tertiary/aromatic N) is 2. The third-order valence-electron chi connectivity index (χ3n) is 3.03. The van der Waals surface area contributed by atoms with E-state index in [1.54, 1.807) is 0 Å². The number of aromatic nitrogens is 2. The summed E-state index contributed by atoms with van der Waals surface area (Å²) in [5.74, 6) is 1.65. The zero-order valence-electron chi connectivity index (χ0n) is 11.5. The molecular formula is C15H18ClN3. The van der Waals surface area contributed by atoms with Crippen LogP contribution in [0, 0.1) is 13.8 Å². The van der Waals surface area contributed by atoms with Crippen LogP contribution in [-0.2, 0) is 0 Å². The van der Waals surface area contributed by atoms with Gasteiger partial charge in [-0.15, -0.1) is 0 Å². The molecule has 2 rings (SSSR count). The van der Waals surface area contributed by atoms with Gasteiger partial charge in [0.2, 0.25) is 0 Å². The third kappa shape index (κ3) is 3.24. The van der Waals surface area contributed by atoms with Crippen LogP contribution in [0.15, 0.2) is 24.3 Å². The van der Waals surface area contributed by atoms with E-state index in [0.29, 0.717) is 0 Å². The Kier molecular flexibility index (Phi) is 4.38. The third-order valence-corrected chi connectivity index (χ3v) is 3.29. The Bertz CT molecular complexity index is 564. The van der Waals surface area contributed by atoms with Crippen molar-refractivity contribution in [3.63, 3.8) is 0 Å². The minimum Gasteiger partial charge on any atom is -0.370 e. The number of benzene rings is 1. The fourth-order valence-corrected chi connectivity index (χ4v) is 1.90. The number of anilines is 1. The van der Waals surface area contributed by atoms with Gasteiger partial charge in [-0.2, -0.15) is 0 Å². The number of nitrogens with one attached hydrogen (secondary N) is 1. The van der Waals surface area contributed by atoms with E-state index in [0.717, 1.165) is 46.5 Å². The predicted octanol–water partition coefficient (Wildman–Crippen LogP) is 4.24. The van der Waals surface area contributed by atoms with Gasteiger partial charge in [-0.05, 0) is 44.5 Å². The van der Waals surface area contributed by atoms with Crippen LogP contribution in [0.5, 0.6) is 0 Å². The van der Waals surface area contributed by atoms with Crippen molar-refractivity contribution in [1.82, 2.24) is 9.97 Å². The van der Waals surface area contributed by atoms with E-state index in [9.17, 15) is 0 Å². The predicted molar refractivity (Wildman–Crippen MR) is 80.7 cm³/mol. The van der Waals surface area contributed by atoms with Crippen molar-refractivity contribution in [1.29, 1.82) is 0 Å². The van der Waals surface area contributed by atoms with Crippen LogP contribution in [-0.4, -0.2) is 16.5 Å². The molecule has 19 heavy (non-hydrogen) atoms. The normalized spacial score (nSPS) is 10.5. The average Bonchev–Trinajstić information content (AvgIpc) is 2.41. The molecule has 0 atom stereocenters. The Labute approximate surface area is 119 Å². The molecule has 0 aliphatic rings. The van der Waals surface area contributed by atoms with Gasteiger partial charge in [0, 0.05) is 28.4 Å². The highest BCUT2D eigenvalue weighted by atomic mass is 35.5. The van der Waals surface area contributed by atoms with Crippen LogP contribution in [0.3, 0.4) is 0 Å². The summed E-state index contributed by atoms with van der Waals surface area (Å²) in [4.78, 5) is 9.15. The highest BCUT2D eigenvalue weighted by Crippen LogP contribution is 2.22. The van der Waals surface area contributed by atoms with E-state index in [1.165, 1.54) is 0 Å². The Hall–Kier alpha value is -1.61. The molecule has 0 aliphatic carbocycles. The monoisotopic (exact) mass is 275 g/mol. The maximum absolute atomic E-state index is 5.90. The fraction of sp³-hybridized carbons (Fsp3) is 0.333. The first-order chi connectivity index (χ1) is 9.11. The zero-order valence-corrected chi connectivity index (χ0v) is 12.3. The Balaban J connectivity index is 2.40. The van der Waals surface area contributed by atoms with Gasteiger partial charge in [0.1, 0.15) is 5.82 Å². The Morgan fingerprint density at radius 3 is 2.42 bits per heavy atom. The quantitative estimate of drug-likeness (QED) is 0.907. The van der Waals surface area contributed by atoms with Crippen LogP contribution in [0.2, 0.25) is 5.02 Å². The first-order valence-electron chi connectivity index (χ1n) is 6.47. The lowest BCUT2D eigenvalue weighted by Gasteiger charge is -2.11. The lowest BCUT2D eigenvalue weighted by molar-refractivity contribution is 0.955. The molecule has 0 unspecified atom stereocenters. The van der Waals surface area contributed by atoms with E-state index >= 15 is 0 Å². The maximum Gasteiger partial charge on any atom is 0.161 e. The average molecular weight is 276 g/mol. The SMILES string of the molecule is CCCNc1nc(-c2ccc(Cl)cc2)nc(C)c1C. The van der Waals surface area contributed by atoms with Gasteiger partial charge in [-0.1, -0.05) is 18.5 Å². The van der Waals surface area contributed by atoms with E-state index < -0.39 is 0 Å². The maximum atomic E-state index is 5.90. The molecule has 0 saturated carbocycles. The zero-order chi connectivity index (χ0) is 13.8. The van der Waals surface area contributed by atoms with E-state index in [4.69, 9.17) is 11.6 Å². The molecule has 0 fully saturated rings. The molecule has 0 bridgehead atoms. The molecule has 3 nitrogen and oxygen atoms in total. The molecular weight excluding hydrogens is 258 g/mol. The molecule has 100 valence electrons. The molecule has 1 aromatic heterocycles. The van der Waals surface area contributed by atoms with E-state index in [1.807, 2.05) is 38.1 Å². The minimum atomic E-state index is 0.719. The molecule has 0 radical (unpaired) electrons. The summed E-state index contributed by atoms with van der Waals surface area (Å²) in [5.41, 5.74) is 3.08. The van der Waals surface area contributed by atoms with E-state index in [-0.39, 0.29) is 0 Å². The van der Waals surface area contributed by atoms with Crippen molar-refractivity contribution >= 4 is 17.4 Å². The molecule has 1 aromatic carbocycles. The van der Waals surface area contributed by atoms with Gasteiger partial charge in [0.15, 0.2) is 5.82 Å². The van der Waals surface area contributed by atoms with Crippen LogP contribution < -0.4 is 5.32 Å². The second-order valence-electron chi connectivity index (χ2n) is 4.54. The number of hydrogen-bond acceptors (Lipinski definition) is 3. The summed E-state index contributed by atoms with van der Waals surface area (Å²) in [7, 11) is 0. The number of halogens is 1. The molecule has 0 amide bonds. The van der Waals surface area contributed by atoms with Gasteiger partial charge >= 0.3 is 0 Å². The molecule has 0 spiro atoms. The van der Waals surface area contributed by atoms with Crippen molar-refractivity contribution in [3.8, 4) is 11.4 Å². The van der Waals surface area contributed by atoms with Crippen molar-refractivity contribution in [2.75, 3.05) is 11.9 Å². The number of hydrogen-bond donors (Lipinski definition) is 1. The van der Waals surface area contributed by atoms with Gasteiger partial charge in [-0.25, -0.2) is 9.97 Å². The van der Waals surface area contributed by atoms with Gasteiger partial charge in [0.25, 0.3) is 0 Å². The second-order valence-corrected chi connectivity index (χ2v) is 4.98.